The number of nitrogens with zero attached hydrogens (tertiary/aromatic N) is 2. The van der Waals surface area contributed by atoms with E-state index in [1.807, 2.05) is 11.3 Å². The van der Waals surface area contributed by atoms with Crippen molar-refractivity contribution in [2.24, 2.45) is 0 Å². The van der Waals surface area contributed by atoms with E-state index in [9.17, 15) is 0 Å². The Balaban J connectivity index is 1.20. The minimum Gasteiger partial charge on any atom is -0.310 e. The van der Waals surface area contributed by atoms with Gasteiger partial charge in [0.1, 0.15) is 0 Å². The molecule has 9 aromatic rings. The molecule has 2 aromatic heterocycles. The highest BCUT2D eigenvalue weighted by Gasteiger charge is 2.39. The van der Waals surface area contributed by atoms with Gasteiger partial charge >= 0.3 is 0 Å². The lowest BCUT2D eigenvalue weighted by molar-refractivity contribution is 0.590. The Labute approximate surface area is 309 Å². The van der Waals surface area contributed by atoms with Crippen molar-refractivity contribution in [3.8, 4) is 16.8 Å². The molecule has 0 N–H and O–H groups in total. The Morgan fingerprint density at radius 2 is 1.17 bits per heavy atom. The maximum Gasteiger partial charge on any atom is 0.0541 e. The van der Waals surface area contributed by atoms with Gasteiger partial charge in [0.2, 0.25) is 0 Å². The van der Waals surface area contributed by atoms with Crippen molar-refractivity contribution in [1.29, 1.82) is 0 Å². The fraction of sp³-hybridized carbons (Fsp3) is 0.143. The van der Waals surface area contributed by atoms with Crippen LogP contribution < -0.4 is 4.90 Å². The molecule has 0 spiro atoms. The summed E-state index contributed by atoms with van der Waals surface area (Å²) < 4.78 is 5.07. The summed E-state index contributed by atoms with van der Waals surface area (Å²) in [4.78, 5) is 2.51. The number of thiophene rings is 1. The molecule has 0 atom stereocenters. The summed E-state index contributed by atoms with van der Waals surface area (Å²) in [6, 6.07) is 56.5. The smallest absolute Gasteiger partial charge is 0.0541 e. The van der Waals surface area contributed by atoms with Gasteiger partial charge in [-0.1, -0.05) is 113 Å². The van der Waals surface area contributed by atoms with Crippen LogP contribution in [0.2, 0.25) is 0 Å². The van der Waals surface area contributed by atoms with Crippen LogP contribution in [0.15, 0.2) is 152 Å². The van der Waals surface area contributed by atoms with Crippen molar-refractivity contribution in [2.75, 3.05) is 4.90 Å². The van der Waals surface area contributed by atoms with E-state index in [2.05, 4.69) is 196 Å². The monoisotopic (exact) mass is 688 g/mol. The largest absolute Gasteiger partial charge is 0.310 e. The number of rotatable bonds is 3. The number of fused-ring (bicyclic) bond motifs is 9. The van der Waals surface area contributed by atoms with Crippen molar-refractivity contribution in [3.63, 3.8) is 0 Å². The zero-order chi connectivity index (χ0) is 35.4. The second kappa shape index (κ2) is 11.2. The average molecular weight is 689 g/mol. The van der Waals surface area contributed by atoms with Crippen LogP contribution in [0.5, 0.6) is 0 Å². The van der Waals surface area contributed by atoms with Crippen LogP contribution in [0.1, 0.15) is 51.3 Å². The van der Waals surface area contributed by atoms with Crippen LogP contribution in [0, 0.1) is 0 Å². The van der Waals surface area contributed by atoms with Crippen molar-refractivity contribution in [2.45, 2.75) is 45.4 Å². The number of para-hydroxylation sites is 2. The molecule has 1 aliphatic rings. The molecule has 0 fully saturated rings. The third-order valence-corrected chi connectivity index (χ3v) is 12.4. The molecule has 0 radical (unpaired) electrons. The minimum atomic E-state index is -0.251. The van der Waals surface area contributed by atoms with Crippen LogP contribution in [0.25, 0.3) is 58.8 Å². The predicted molar refractivity (Wildman–Crippen MR) is 225 cm³/mol. The molecule has 2 nitrogen and oxygen atoms in total. The number of hydrogen-bond donors (Lipinski definition) is 0. The quantitative estimate of drug-likeness (QED) is 0.179. The van der Waals surface area contributed by atoms with Crippen LogP contribution >= 0.6 is 11.3 Å². The van der Waals surface area contributed by atoms with Crippen LogP contribution in [0.3, 0.4) is 0 Å². The summed E-state index contributed by atoms with van der Waals surface area (Å²) >= 11 is 1.90. The third-order valence-electron chi connectivity index (χ3n) is 11.3. The lowest BCUT2D eigenvalue weighted by Crippen LogP contribution is -2.31. The van der Waals surface area contributed by atoms with Gasteiger partial charge in [-0.15, -0.1) is 11.3 Å². The summed E-state index contributed by atoms with van der Waals surface area (Å²) in [5.74, 6) is 0. The Kier molecular flexibility index (Phi) is 6.69. The van der Waals surface area contributed by atoms with Gasteiger partial charge in [0.05, 0.1) is 22.4 Å². The lowest BCUT2D eigenvalue weighted by atomic mass is 9.71. The molecule has 0 saturated heterocycles. The van der Waals surface area contributed by atoms with E-state index >= 15 is 0 Å². The fourth-order valence-corrected chi connectivity index (χ4v) is 9.81. The van der Waals surface area contributed by atoms with Gasteiger partial charge in [0, 0.05) is 47.7 Å². The van der Waals surface area contributed by atoms with Crippen molar-refractivity contribution in [1.82, 2.24) is 4.57 Å². The number of aromatic nitrogens is 1. The Morgan fingerprint density at radius 3 is 1.96 bits per heavy atom. The van der Waals surface area contributed by atoms with Gasteiger partial charge < -0.3 is 9.47 Å². The first kappa shape index (κ1) is 31.1. The van der Waals surface area contributed by atoms with Gasteiger partial charge in [-0.2, -0.15) is 0 Å². The van der Waals surface area contributed by atoms with Gasteiger partial charge in [0.25, 0.3) is 0 Å². The molecule has 252 valence electrons. The van der Waals surface area contributed by atoms with E-state index in [1.165, 1.54) is 92.5 Å². The van der Waals surface area contributed by atoms with Gasteiger partial charge in [-0.05, 0) is 106 Å². The highest BCUT2D eigenvalue weighted by Crippen LogP contribution is 2.56. The molecule has 1 aliphatic heterocycles. The van der Waals surface area contributed by atoms with Crippen LogP contribution in [-0.4, -0.2) is 4.57 Å². The highest BCUT2D eigenvalue weighted by molar-refractivity contribution is 7.25. The zero-order valence-electron chi connectivity index (χ0n) is 30.2. The van der Waals surface area contributed by atoms with E-state index in [0.29, 0.717) is 0 Å². The molecular formula is C49H40N2S. The van der Waals surface area contributed by atoms with Crippen molar-refractivity contribution >= 4 is 70.4 Å². The molecule has 0 saturated carbocycles. The standard InChI is InChI=1S/C49H40N2S/c1-48(2,3)33-21-23-35(24-22-33)51-42-26-20-32(30-39(42)49(4,5)47-43(51)27-28-45-46(47)37-16-10-12-18-44(37)52-45)31-19-25-41-38(29-31)36-15-9-11-17-40(36)50(41)34-13-7-6-8-14-34/h6-30H,1-5H3. The molecule has 7 aromatic carbocycles. The highest BCUT2D eigenvalue weighted by atomic mass is 32.1. The topological polar surface area (TPSA) is 8.17 Å². The number of hydrogen-bond acceptors (Lipinski definition) is 2. The molecule has 0 amide bonds. The fourth-order valence-electron chi connectivity index (χ4n) is 8.70. The normalized spacial score (nSPS) is 14.0. The molecule has 0 unspecified atom stereocenters. The Bertz CT molecular complexity index is 2850. The SMILES string of the molecule is CC(C)(C)c1ccc(N2c3ccc(-c4ccc5c(c4)c4ccccc4n5-c4ccccc4)cc3C(C)(C)c3c2ccc2sc4ccccc4c32)cc1. The van der Waals surface area contributed by atoms with Crippen molar-refractivity contribution in [3.05, 3.63) is 168 Å². The Hall–Kier alpha value is -5.64. The summed E-state index contributed by atoms with van der Waals surface area (Å²) in [7, 11) is 0. The second-order valence-electron chi connectivity index (χ2n) is 15.8. The maximum atomic E-state index is 2.51. The number of benzene rings is 7. The molecule has 10 rings (SSSR count). The first-order chi connectivity index (χ1) is 25.2. The average Bonchev–Trinajstić information content (AvgIpc) is 3.70. The Morgan fingerprint density at radius 1 is 0.519 bits per heavy atom. The van der Waals surface area contributed by atoms with Crippen molar-refractivity contribution < 1.29 is 0 Å². The first-order valence-corrected chi connectivity index (χ1v) is 19.1. The molecule has 0 aliphatic carbocycles. The van der Waals surface area contributed by atoms with Gasteiger partial charge in [0.15, 0.2) is 0 Å². The molecule has 3 heteroatoms. The zero-order valence-corrected chi connectivity index (χ0v) is 31.1. The van der Waals surface area contributed by atoms with Crippen LogP contribution in [-0.2, 0) is 10.8 Å². The maximum absolute atomic E-state index is 2.51. The summed E-state index contributed by atoms with van der Waals surface area (Å²) in [5, 5.41) is 5.26. The second-order valence-corrected chi connectivity index (χ2v) is 16.9. The minimum absolute atomic E-state index is 0.0867. The molecule has 3 heterocycles. The van der Waals surface area contributed by atoms with Gasteiger partial charge in [-0.25, -0.2) is 0 Å². The third kappa shape index (κ3) is 4.55. The molecule has 0 bridgehead atoms. The van der Waals surface area contributed by atoms with E-state index in [-0.39, 0.29) is 10.8 Å². The van der Waals surface area contributed by atoms with Crippen LogP contribution in [0.4, 0.5) is 17.1 Å². The summed E-state index contributed by atoms with van der Waals surface area (Å²) in [6.45, 7) is 11.7. The van der Waals surface area contributed by atoms with E-state index in [4.69, 9.17) is 0 Å². The lowest BCUT2D eigenvalue weighted by Gasteiger charge is -2.43. The van der Waals surface area contributed by atoms with E-state index in [1.54, 1.807) is 0 Å². The van der Waals surface area contributed by atoms with Gasteiger partial charge in [-0.3, -0.25) is 0 Å². The summed E-state index contributed by atoms with van der Waals surface area (Å²) in [5.41, 5.74) is 13.7. The molecule has 52 heavy (non-hydrogen) atoms. The van der Waals surface area contributed by atoms with E-state index in [0.717, 1.165) is 0 Å². The molecular weight excluding hydrogens is 649 g/mol. The predicted octanol–water partition coefficient (Wildman–Crippen LogP) is 14.2. The first-order valence-electron chi connectivity index (χ1n) is 18.3. The van der Waals surface area contributed by atoms with E-state index < -0.39 is 0 Å². The summed E-state index contributed by atoms with van der Waals surface area (Å²) in [6.07, 6.45) is 0. The number of anilines is 3.